The molecule has 0 unspecified atom stereocenters. The van der Waals surface area contributed by atoms with Gasteiger partial charge in [-0.15, -0.1) is 0 Å². The van der Waals surface area contributed by atoms with Crippen molar-refractivity contribution in [3.63, 3.8) is 0 Å². The Morgan fingerprint density at radius 2 is 2.08 bits per heavy atom. The zero-order valence-corrected chi connectivity index (χ0v) is 14.0. The van der Waals surface area contributed by atoms with Crippen LogP contribution in [-0.2, 0) is 6.42 Å². The number of guanidine groups is 1. The van der Waals surface area contributed by atoms with Crippen LogP contribution in [0.15, 0.2) is 47.5 Å². The van der Waals surface area contributed by atoms with Crippen molar-refractivity contribution in [3.05, 3.63) is 59.4 Å². The average molecular weight is 341 g/mol. The second kappa shape index (κ2) is 7.79. The molecule has 130 valence electrons. The molecule has 5 nitrogen and oxygen atoms in total. The summed E-state index contributed by atoms with van der Waals surface area (Å²) in [5.41, 5.74) is 2.06. The molecular formula is C19H20FN3O2. The fourth-order valence-corrected chi connectivity index (χ4v) is 2.61. The first kappa shape index (κ1) is 17.0. The molecule has 0 fully saturated rings. The Bertz CT molecular complexity index is 788. The molecule has 2 N–H and O–H groups in total. The van der Waals surface area contributed by atoms with Gasteiger partial charge in [0.1, 0.15) is 11.6 Å². The highest BCUT2D eigenvalue weighted by molar-refractivity contribution is 5.96. The first-order valence-corrected chi connectivity index (χ1v) is 8.17. The van der Waals surface area contributed by atoms with Crippen LogP contribution in [0, 0.1) is 5.82 Å². The Balaban J connectivity index is 1.56. The van der Waals surface area contributed by atoms with Gasteiger partial charge in [0, 0.05) is 24.7 Å². The van der Waals surface area contributed by atoms with Gasteiger partial charge in [-0.3, -0.25) is 9.79 Å². The number of hydrogen-bond acceptors (Lipinski definition) is 5. The molecule has 0 saturated heterocycles. The lowest BCUT2D eigenvalue weighted by Gasteiger charge is -2.08. The second-order valence-electron chi connectivity index (χ2n) is 5.75. The van der Waals surface area contributed by atoms with Crippen LogP contribution in [0.25, 0.3) is 0 Å². The van der Waals surface area contributed by atoms with E-state index in [0.717, 1.165) is 30.3 Å². The molecule has 0 atom stereocenters. The third-order valence-electron chi connectivity index (χ3n) is 4.01. The van der Waals surface area contributed by atoms with Crippen molar-refractivity contribution >= 4 is 17.4 Å². The SMILES string of the molecule is COc1ccc(C(=O)CCc2ccc(NC3=NCCN3)cc2)c(F)c1. The Morgan fingerprint density at radius 1 is 1.28 bits per heavy atom. The zero-order valence-electron chi connectivity index (χ0n) is 14.0. The molecule has 2 aromatic carbocycles. The van der Waals surface area contributed by atoms with Gasteiger partial charge in [-0.25, -0.2) is 4.39 Å². The third kappa shape index (κ3) is 4.35. The van der Waals surface area contributed by atoms with E-state index in [1.54, 1.807) is 6.07 Å². The van der Waals surface area contributed by atoms with Gasteiger partial charge in [-0.05, 0) is 36.2 Å². The lowest BCUT2D eigenvalue weighted by atomic mass is 10.0. The first-order chi connectivity index (χ1) is 12.2. The summed E-state index contributed by atoms with van der Waals surface area (Å²) in [7, 11) is 1.46. The van der Waals surface area contributed by atoms with E-state index in [9.17, 15) is 9.18 Å². The number of halogens is 1. The maximum absolute atomic E-state index is 13.9. The number of benzene rings is 2. The van der Waals surface area contributed by atoms with E-state index in [2.05, 4.69) is 15.6 Å². The molecule has 0 aromatic heterocycles. The molecule has 0 saturated carbocycles. The lowest BCUT2D eigenvalue weighted by Crippen LogP contribution is -2.26. The molecule has 0 bridgehead atoms. The molecular weight excluding hydrogens is 321 g/mol. The van der Waals surface area contributed by atoms with E-state index in [1.807, 2.05) is 24.3 Å². The smallest absolute Gasteiger partial charge is 0.195 e. The minimum atomic E-state index is -0.547. The number of aliphatic imine (C=N–C) groups is 1. The number of nitrogens with zero attached hydrogens (tertiary/aromatic N) is 1. The predicted molar refractivity (Wildman–Crippen MR) is 96.0 cm³/mol. The van der Waals surface area contributed by atoms with Gasteiger partial charge in [0.15, 0.2) is 11.7 Å². The van der Waals surface area contributed by atoms with Crippen LogP contribution in [0.1, 0.15) is 22.3 Å². The molecule has 0 spiro atoms. The van der Waals surface area contributed by atoms with Crippen LogP contribution >= 0.6 is 0 Å². The summed E-state index contributed by atoms with van der Waals surface area (Å²) >= 11 is 0. The summed E-state index contributed by atoms with van der Waals surface area (Å²) in [5.74, 6) is 0.414. The molecule has 3 rings (SSSR count). The summed E-state index contributed by atoms with van der Waals surface area (Å²) < 4.78 is 18.9. The van der Waals surface area contributed by atoms with Gasteiger partial charge in [0.05, 0.1) is 19.2 Å². The zero-order chi connectivity index (χ0) is 17.6. The van der Waals surface area contributed by atoms with Crippen molar-refractivity contribution in [1.82, 2.24) is 5.32 Å². The van der Waals surface area contributed by atoms with Crippen molar-refractivity contribution < 1.29 is 13.9 Å². The number of rotatable bonds is 6. The third-order valence-corrected chi connectivity index (χ3v) is 4.01. The number of methoxy groups -OCH3 is 1. The van der Waals surface area contributed by atoms with Crippen molar-refractivity contribution in [3.8, 4) is 5.75 Å². The number of carbonyl (C=O) groups is 1. The molecule has 6 heteroatoms. The Labute approximate surface area is 145 Å². The van der Waals surface area contributed by atoms with Crippen LogP contribution in [0.3, 0.4) is 0 Å². The normalized spacial score (nSPS) is 13.1. The van der Waals surface area contributed by atoms with Crippen LogP contribution in [0.5, 0.6) is 5.75 Å². The van der Waals surface area contributed by atoms with Gasteiger partial charge in [0.25, 0.3) is 0 Å². The molecule has 25 heavy (non-hydrogen) atoms. The monoisotopic (exact) mass is 341 g/mol. The maximum atomic E-state index is 13.9. The van der Waals surface area contributed by atoms with Crippen LogP contribution in [-0.4, -0.2) is 31.9 Å². The van der Waals surface area contributed by atoms with E-state index in [0.29, 0.717) is 12.2 Å². The molecule has 2 aromatic rings. The number of ketones is 1. The van der Waals surface area contributed by atoms with Crippen LogP contribution in [0.2, 0.25) is 0 Å². The number of aryl methyl sites for hydroxylation is 1. The number of nitrogens with one attached hydrogen (secondary N) is 2. The molecule has 0 aliphatic carbocycles. The lowest BCUT2D eigenvalue weighted by molar-refractivity contribution is 0.0979. The standard InChI is InChI=1S/C19H20FN3O2/c1-25-15-7-8-16(17(20)12-15)18(24)9-4-13-2-5-14(6-3-13)23-19-21-10-11-22-19/h2-3,5-8,12H,4,9-11H2,1H3,(H2,21,22,23). The maximum Gasteiger partial charge on any atom is 0.195 e. The average Bonchev–Trinajstić information content (AvgIpc) is 3.13. The van der Waals surface area contributed by atoms with Gasteiger partial charge in [-0.2, -0.15) is 0 Å². The van der Waals surface area contributed by atoms with Gasteiger partial charge in [-0.1, -0.05) is 12.1 Å². The summed E-state index contributed by atoms with van der Waals surface area (Å²) in [6, 6.07) is 12.1. The number of carbonyl (C=O) groups excluding carboxylic acids is 1. The molecule has 0 radical (unpaired) electrons. The molecule has 1 aliphatic rings. The van der Waals surface area contributed by atoms with E-state index >= 15 is 0 Å². The molecule has 0 amide bonds. The van der Waals surface area contributed by atoms with Crippen LogP contribution < -0.4 is 15.4 Å². The first-order valence-electron chi connectivity index (χ1n) is 8.17. The van der Waals surface area contributed by atoms with Gasteiger partial charge < -0.3 is 15.4 Å². The van der Waals surface area contributed by atoms with Gasteiger partial charge in [0.2, 0.25) is 0 Å². The predicted octanol–water partition coefficient (Wildman–Crippen LogP) is 3.02. The van der Waals surface area contributed by atoms with E-state index in [1.165, 1.54) is 19.2 Å². The van der Waals surface area contributed by atoms with E-state index in [4.69, 9.17) is 4.74 Å². The van der Waals surface area contributed by atoms with E-state index < -0.39 is 5.82 Å². The second-order valence-corrected chi connectivity index (χ2v) is 5.75. The summed E-state index contributed by atoms with van der Waals surface area (Å²) in [6.45, 7) is 1.63. The molecule has 1 aliphatic heterocycles. The Hall–Kier alpha value is -2.89. The largest absolute Gasteiger partial charge is 0.497 e. The minimum absolute atomic E-state index is 0.101. The summed E-state index contributed by atoms with van der Waals surface area (Å²) in [5, 5.41) is 6.33. The Kier molecular flexibility index (Phi) is 5.28. The number of hydrogen-bond donors (Lipinski definition) is 2. The van der Waals surface area contributed by atoms with Crippen molar-refractivity contribution in [2.75, 3.05) is 25.5 Å². The fraction of sp³-hybridized carbons (Fsp3) is 0.263. The fourth-order valence-electron chi connectivity index (χ4n) is 2.61. The topological polar surface area (TPSA) is 62.7 Å². The number of ether oxygens (including phenoxy) is 1. The number of Topliss-reactive ketones (excluding diaryl/α,β-unsaturated/α-hetero) is 1. The highest BCUT2D eigenvalue weighted by Gasteiger charge is 2.13. The van der Waals surface area contributed by atoms with Crippen molar-refractivity contribution in [2.45, 2.75) is 12.8 Å². The Morgan fingerprint density at radius 3 is 2.72 bits per heavy atom. The van der Waals surface area contributed by atoms with Crippen molar-refractivity contribution in [2.24, 2.45) is 4.99 Å². The number of anilines is 1. The van der Waals surface area contributed by atoms with E-state index in [-0.39, 0.29) is 17.8 Å². The summed E-state index contributed by atoms with van der Waals surface area (Å²) in [6.07, 6.45) is 0.814. The van der Waals surface area contributed by atoms with Crippen molar-refractivity contribution in [1.29, 1.82) is 0 Å². The minimum Gasteiger partial charge on any atom is -0.497 e. The van der Waals surface area contributed by atoms with Crippen LogP contribution in [0.4, 0.5) is 10.1 Å². The highest BCUT2D eigenvalue weighted by Crippen LogP contribution is 2.19. The highest BCUT2D eigenvalue weighted by atomic mass is 19.1. The molecule has 1 heterocycles. The quantitative estimate of drug-likeness (QED) is 0.793. The van der Waals surface area contributed by atoms with Gasteiger partial charge >= 0.3 is 0 Å². The summed E-state index contributed by atoms with van der Waals surface area (Å²) in [4.78, 5) is 16.5.